The van der Waals surface area contributed by atoms with Crippen molar-refractivity contribution in [2.75, 3.05) is 0 Å². The van der Waals surface area contributed by atoms with Gasteiger partial charge >= 0.3 is 5.97 Å². The predicted molar refractivity (Wildman–Crippen MR) is 61.5 cm³/mol. The van der Waals surface area contributed by atoms with Crippen LogP contribution in [0.15, 0.2) is 43.0 Å². The molecule has 2 N–H and O–H groups in total. The van der Waals surface area contributed by atoms with Gasteiger partial charge in [-0.3, -0.25) is 4.79 Å². The highest BCUT2D eigenvalue weighted by atomic mass is 16.5. The molecule has 0 aliphatic heterocycles. The maximum absolute atomic E-state index is 11.7. The van der Waals surface area contributed by atoms with Gasteiger partial charge in [0.1, 0.15) is 12.1 Å². The van der Waals surface area contributed by atoms with Gasteiger partial charge in [-0.1, -0.05) is 36.4 Å². The fraction of sp³-hybridized carbons (Fsp3) is 0.308. The third-order valence-corrected chi connectivity index (χ3v) is 2.94. The van der Waals surface area contributed by atoms with E-state index in [1.54, 1.807) is 6.08 Å². The molecule has 0 spiro atoms. The van der Waals surface area contributed by atoms with Gasteiger partial charge < -0.3 is 10.5 Å². The molecule has 2 atom stereocenters. The number of benzene rings is 1. The lowest BCUT2D eigenvalue weighted by atomic mass is 10.2. The van der Waals surface area contributed by atoms with Gasteiger partial charge in [-0.15, -0.1) is 6.58 Å². The second kappa shape index (κ2) is 4.10. The number of carbonyl (C=O) groups excluding carboxylic acids is 1. The third kappa shape index (κ3) is 1.99. The minimum Gasteiger partial charge on any atom is -0.459 e. The molecule has 3 heteroatoms. The van der Waals surface area contributed by atoms with Crippen molar-refractivity contribution in [3.8, 4) is 0 Å². The summed E-state index contributed by atoms with van der Waals surface area (Å²) in [6, 6.07) is 9.56. The highest BCUT2D eigenvalue weighted by Crippen LogP contribution is 2.42. The number of rotatable bonds is 4. The summed E-state index contributed by atoms with van der Waals surface area (Å²) in [6.45, 7) is 3.91. The van der Waals surface area contributed by atoms with Crippen LogP contribution < -0.4 is 5.73 Å². The molecule has 0 heterocycles. The van der Waals surface area contributed by atoms with E-state index in [-0.39, 0.29) is 18.5 Å². The quantitative estimate of drug-likeness (QED) is 0.616. The molecule has 1 fully saturated rings. The minimum absolute atomic E-state index is 0.0655. The highest BCUT2D eigenvalue weighted by Gasteiger charge is 2.56. The smallest absolute Gasteiger partial charge is 0.327 e. The van der Waals surface area contributed by atoms with Crippen molar-refractivity contribution in [1.82, 2.24) is 0 Å². The van der Waals surface area contributed by atoms with Crippen LogP contribution in [0.1, 0.15) is 12.0 Å². The van der Waals surface area contributed by atoms with Gasteiger partial charge in [0, 0.05) is 5.92 Å². The van der Waals surface area contributed by atoms with E-state index in [9.17, 15) is 4.79 Å². The van der Waals surface area contributed by atoms with Gasteiger partial charge in [-0.2, -0.15) is 0 Å². The Labute approximate surface area is 94.9 Å². The van der Waals surface area contributed by atoms with Crippen molar-refractivity contribution < 1.29 is 9.53 Å². The molecule has 1 aliphatic carbocycles. The summed E-state index contributed by atoms with van der Waals surface area (Å²) in [4.78, 5) is 11.7. The molecular formula is C13H15NO2. The van der Waals surface area contributed by atoms with Gasteiger partial charge in [-0.05, 0) is 12.0 Å². The monoisotopic (exact) mass is 217 g/mol. The van der Waals surface area contributed by atoms with Gasteiger partial charge in [0.2, 0.25) is 0 Å². The van der Waals surface area contributed by atoms with E-state index in [1.807, 2.05) is 30.3 Å². The van der Waals surface area contributed by atoms with Crippen LogP contribution >= 0.6 is 0 Å². The number of ether oxygens (including phenoxy) is 1. The summed E-state index contributed by atoms with van der Waals surface area (Å²) >= 11 is 0. The lowest BCUT2D eigenvalue weighted by Crippen LogP contribution is -2.36. The Morgan fingerprint density at radius 1 is 1.56 bits per heavy atom. The number of esters is 1. The van der Waals surface area contributed by atoms with Crippen molar-refractivity contribution in [2.24, 2.45) is 11.7 Å². The van der Waals surface area contributed by atoms with Crippen LogP contribution in [-0.4, -0.2) is 11.5 Å². The van der Waals surface area contributed by atoms with E-state index in [0.717, 1.165) is 5.56 Å². The lowest BCUT2D eigenvalue weighted by Gasteiger charge is -2.10. The molecule has 0 amide bonds. The molecule has 0 radical (unpaired) electrons. The fourth-order valence-electron chi connectivity index (χ4n) is 1.69. The Bertz CT molecular complexity index is 402. The first-order valence-electron chi connectivity index (χ1n) is 5.29. The van der Waals surface area contributed by atoms with Crippen molar-refractivity contribution in [2.45, 2.75) is 18.6 Å². The maximum atomic E-state index is 11.7. The van der Waals surface area contributed by atoms with Crippen LogP contribution in [0.4, 0.5) is 0 Å². The van der Waals surface area contributed by atoms with Crippen molar-refractivity contribution in [3.63, 3.8) is 0 Å². The van der Waals surface area contributed by atoms with E-state index in [4.69, 9.17) is 10.5 Å². The first-order valence-corrected chi connectivity index (χ1v) is 5.29. The molecule has 2 rings (SSSR count). The molecule has 84 valence electrons. The molecule has 16 heavy (non-hydrogen) atoms. The Morgan fingerprint density at radius 2 is 2.25 bits per heavy atom. The van der Waals surface area contributed by atoms with Gasteiger partial charge in [0.15, 0.2) is 0 Å². The first kappa shape index (κ1) is 10.9. The van der Waals surface area contributed by atoms with E-state index in [1.165, 1.54) is 0 Å². The van der Waals surface area contributed by atoms with Gasteiger partial charge in [-0.25, -0.2) is 0 Å². The predicted octanol–water partition coefficient (Wildman–Crippen LogP) is 1.63. The van der Waals surface area contributed by atoms with Crippen molar-refractivity contribution in [1.29, 1.82) is 0 Å². The average molecular weight is 217 g/mol. The average Bonchev–Trinajstić information content (AvgIpc) is 3.00. The minimum atomic E-state index is -0.823. The molecule has 0 unspecified atom stereocenters. The molecule has 0 bridgehead atoms. The molecule has 1 aliphatic rings. The number of hydrogen-bond acceptors (Lipinski definition) is 3. The van der Waals surface area contributed by atoms with E-state index < -0.39 is 5.54 Å². The number of carbonyl (C=O) groups is 1. The first-order chi connectivity index (χ1) is 7.66. The fourth-order valence-corrected chi connectivity index (χ4v) is 1.69. The van der Waals surface area contributed by atoms with Crippen LogP contribution in [0.5, 0.6) is 0 Å². The summed E-state index contributed by atoms with van der Waals surface area (Å²) in [7, 11) is 0. The van der Waals surface area contributed by atoms with E-state index >= 15 is 0 Å². The normalized spacial score (nSPS) is 27.2. The summed E-state index contributed by atoms with van der Waals surface area (Å²) in [5, 5.41) is 0. The molecule has 0 saturated heterocycles. The standard InChI is InChI=1S/C13H15NO2/c1-2-11-8-13(11,14)12(15)16-9-10-6-4-3-5-7-10/h2-7,11H,1,8-9,14H2/t11-,13+/m1/s1. The van der Waals surface area contributed by atoms with Crippen molar-refractivity contribution >= 4 is 5.97 Å². The van der Waals surface area contributed by atoms with Crippen LogP contribution in [0, 0.1) is 5.92 Å². The van der Waals surface area contributed by atoms with Crippen LogP contribution in [0.25, 0.3) is 0 Å². The number of nitrogens with two attached hydrogens (primary N) is 1. The third-order valence-electron chi connectivity index (χ3n) is 2.94. The van der Waals surface area contributed by atoms with E-state index in [0.29, 0.717) is 6.42 Å². The second-order valence-electron chi connectivity index (χ2n) is 4.15. The summed E-state index contributed by atoms with van der Waals surface area (Å²) in [5.41, 5.74) is 6.01. The maximum Gasteiger partial charge on any atom is 0.327 e. The molecule has 1 aromatic rings. The zero-order chi connectivity index (χ0) is 11.6. The molecule has 1 aromatic carbocycles. The van der Waals surface area contributed by atoms with Crippen LogP contribution in [0.2, 0.25) is 0 Å². The number of hydrogen-bond donors (Lipinski definition) is 1. The molecule has 0 aromatic heterocycles. The Kier molecular flexibility index (Phi) is 2.79. The van der Waals surface area contributed by atoms with Crippen molar-refractivity contribution in [3.05, 3.63) is 48.6 Å². The van der Waals surface area contributed by atoms with Crippen LogP contribution in [-0.2, 0) is 16.1 Å². The topological polar surface area (TPSA) is 52.3 Å². The largest absolute Gasteiger partial charge is 0.459 e. The Morgan fingerprint density at radius 3 is 2.81 bits per heavy atom. The Hall–Kier alpha value is -1.61. The molecular weight excluding hydrogens is 202 g/mol. The lowest BCUT2D eigenvalue weighted by molar-refractivity contribution is -0.148. The highest BCUT2D eigenvalue weighted by molar-refractivity contribution is 5.85. The van der Waals surface area contributed by atoms with Gasteiger partial charge in [0.25, 0.3) is 0 Å². The zero-order valence-electron chi connectivity index (χ0n) is 9.06. The second-order valence-corrected chi connectivity index (χ2v) is 4.15. The summed E-state index contributed by atoms with van der Waals surface area (Å²) in [5.74, 6) is -0.267. The zero-order valence-corrected chi connectivity index (χ0v) is 9.06. The Balaban J connectivity index is 1.88. The molecule has 3 nitrogen and oxygen atoms in total. The SMILES string of the molecule is C=C[C@@H]1C[C@@]1(N)C(=O)OCc1ccccc1. The van der Waals surface area contributed by atoms with Gasteiger partial charge in [0.05, 0.1) is 0 Å². The molecule has 1 saturated carbocycles. The van der Waals surface area contributed by atoms with Crippen LogP contribution in [0.3, 0.4) is 0 Å². The van der Waals surface area contributed by atoms with E-state index in [2.05, 4.69) is 6.58 Å². The summed E-state index contributed by atoms with van der Waals surface area (Å²) < 4.78 is 5.18. The summed E-state index contributed by atoms with van der Waals surface area (Å²) in [6.07, 6.45) is 2.36.